The molecule has 1 aliphatic heterocycles. The Morgan fingerprint density at radius 1 is 1.22 bits per heavy atom. The molecule has 0 aliphatic carbocycles. The second-order valence-electron chi connectivity index (χ2n) is 6.88. The standard InChI is InChI=1S/C18H27N5O3S/c1-2-10-19-18(24)7-6-13-23-17-9-8-15(14-16(17)20-21-23)27(25,26)22-11-4-3-5-12-22/h8-9,14H,2-7,10-13H2,1H3,(H,19,24). The largest absolute Gasteiger partial charge is 0.356 e. The summed E-state index contributed by atoms with van der Waals surface area (Å²) in [7, 11) is -3.48. The predicted molar refractivity (Wildman–Crippen MR) is 103 cm³/mol. The molecule has 0 unspecified atom stereocenters. The van der Waals surface area contributed by atoms with Crippen molar-refractivity contribution in [2.24, 2.45) is 0 Å². The molecule has 0 spiro atoms. The summed E-state index contributed by atoms with van der Waals surface area (Å²) in [5.74, 6) is 0.0381. The van der Waals surface area contributed by atoms with E-state index in [9.17, 15) is 13.2 Å². The van der Waals surface area contributed by atoms with Crippen molar-refractivity contribution in [3.8, 4) is 0 Å². The number of aryl methyl sites for hydroxylation is 1. The zero-order chi connectivity index (χ0) is 19.3. The van der Waals surface area contributed by atoms with Gasteiger partial charge in [-0.2, -0.15) is 4.31 Å². The van der Waals surface area contributed by atoms with E-state index < -0.39 is 10.0 Å². The molecule has 148 valence electrons. The lowest BCUT2D eigenvalue weighted by Gasteiger charge is -2.25. The molecule has 27 heavy (non-hydrogen) atoms. The van der Waals surface area contributed by atoms with Crippen molar-refractivity contribution in [2.75, 3.05) is 19.6 Å². The fraction of sp³-hybridized carbons (Fsp3) is 0.611. The van der Waals surface area contributed by atoms with Gasteiger partial charge in [0.25, 0.3) is 0 Å². The normalized spacial score (nSPS) is 15.9. The van der Waals surface area contributed by atoms with Crippen molar-refractivity contribution < 1.29 is 13.2 Å². The number of hydrogen-bond acceptors (Lipinski definition) is 5. The summed E-state index contributed by atoms with van der Waals surface area (Å²) < 4.78 is 28.9. The van der Waals surface area contributed by atoms with Gasteiger partial charge in [0.05, 0.1) is 10.4 Å². The van der Waals surface area contributed by atoms with Crippen molar-refractivity contribution in [1.29, 1.82) is 0 Å². The predicted octanol–water partition coefficient (Wildman–Crippen LogP) is 1.91. The number of carbonyl (C=O) groups excluding carboxylic acids is 1. The van der Waals surface area contributed by atoms with Gasteiger partial charge in [0.15, 0.2) is 0 Å². The van der Waals surface area contributed by atoms with E-state index in [1.807, 2.05) is 6.92 Å². The van der Waals surface area contributed by atoms with Crippen molar-refractivity contribution in [3.05, 3.63) is 18.2 Å². The van der Waals surface area contributed by atoms with Gasteiger partial charge in [-0.25, -0.2) is 13.1 Å². The van der Waals surface area contributed by atoms with Gasteiger partial charge < -0.3 is 5.32 Å². The fourth-order valence-electron chi connectivity index (χ4n) is 3.27. The second kappa shape index (κ2) is 8.79. The number of sulfonamides is 1. The van der Waals surface area contributed by atoms with Crippen LogP contribution in [0, 0.1) is 0 Å². The molecule has 2 heterocycles. The number of aromatic nitrogens is 3. The fourth-order valence-corrected chi connectivity index (χ4v) is 4.81. The lowest BCUT2D eigenvalue weighted by Crippen LogP contribution is -2.35. The third kappa shape index (κ3) is 4.65. The van der Waals surface area contributed by atoms with Crippen LogP contribution in [0.4, 0.5) is 0 Å². The first kappa shape index (κ1) is 19.8. The minimum absolute atomic E-state index is 0.0381. The molecule has 1 saturated heterocycles. The van der Waals surface area contributed by atoms with Crippen LogP contribution in [0.2, 0.25) is 0 Å². The number of benzene rings is 1. The molecule has 1 aromatic carbocycles. The smallest absolute Gasteiger partial charge is 0.243 e. The van der Waals surface area contributed by atoms with Gasteiger partial charge in [-0.1, -0.05) is 18.6 Å². The number of amides is 1. The van der Waals surface area contributed by atoms with Gasteiger partial charge >= 0.3 is 0 Å². The van der Waals surface area contributed by atoms with Crippen molar-refractivity contribution in [1.82, 2.24) is 24.6 Å². The van der Waals surface area contributed by atoms with Crippen molar-refractivity contribution >= 4 is 27.0 Å². The third-order valence-electron chi connectivity index (χ3n) is 4.78. The first-order chi connectivity index (χ1) is 13.0. The van der Waals surface area contributed by atoms with Crippen LogP contribution in [0.15, 0.2) is 23.1 Å². The number of nitrogens with one attached hydrogen (secondary N) is 1. The molecule has 0 radical (unpaired) electrons. The number of piperidine rings is 1. The molecule has 0 bridgehead atoms. The van der Waals surface area contributed by atoms with E-state index in [0.717, 1.165) is 31.2 Å². The molecular formula is C18H27N5O3S. The molecule has 1 N–H and O–H groups in total. The third-order valence-corrected chi connectivity index (χ3v) is 6.68. The van der Waals surface area contributed by atoms with Crippen LogP contribution < -0.4 is 5.32 Å². The van der Waals surface area contributed by atoms with Crippen LogP contribution >= 0.6 is 0 Å². The minimum Gasteiger partial charge on any atom is -0.356 e. The van der Waals surface area contributed by atoms with Gasteiger partial charge in [0.2, 0.25) is 15.9 Å². The first-order valence-electron chi connectivity index (χ1n) is 9.62. The van der Waals surface area contributed by atoms with Crippen LogP contribution in [0.1, 0.15) is 45.4 Å². The quantitative estimate of drug-likeness (QED) is 0.739. The van der Waals surface area contributed by atoms with E-state index in [0.29, 0.717) is 44.5 Å². The van der Waals surface area contributed by atoms with E-state index in [2.05, 4.69) is 15.6 Å². The summed E-state index contributed by atoms with van der Waals surface area (Å²) in [5.41, 5.74) is 1.34. The highest BCUT2D eigenvalue weighted by Gasteiger charge is 2.26. The van der Waals surface area contributed by atoms with Gasteiger partial charge in [-0.3, -0.25) is 4.79 Å². The van der Waals surface area contributed by atoms with E-state index in [1.54, 1.807) is 27.2 Å². The Hall–Kier alpha value is -2.00. The Balaban J connectivity index is 1.68. The van der Waals surface area contributed by atoms with Gasteiger partial charge in [-0.05, 0) is 43.9 Å². The SMILES string of the molecule is CCCNC(=O)CCCn1nnc2cc(S(=O)(=O)N3CCCCC3)ccc21. The highest BCUT2D eigenvalue weighted by Crippen LogP contribution is 2.23. The van der Waals surface area contributed by atoms with Crippen LogP contribution in [-0.4, -0.2) is 53.3 Å². The highest BCUT2D eigenvalue weighted by molar-refractivity contribution is 7.89. The Morgan fingerprint density at radius 2 is 2.00 bits per heavy atom. The summed E-state index contributed by atoms with van der Waals surface area (Å²) in [6.45, 7) is 4.43. The van der Waals surface area contributed by atoms with Gasteiger partial charge in [0.1, 0.15) is 5.52 Å². The van der Waals surface area contributed by atoms with Crippen molar-refractivity contribution in [2.45, 2.75) is 56.9 Å². The molecule has 1 aliphatic rings. The average Bonchev–Trinajstić information content (AvgIpc) is 3.09. The van der Waals surface area contributed by atoms with E-state index in [1.165, 1.54) is 0 Å². The van der Waals surface area contributed by atoms with Crippen LogP contribution in [0.25, 0.3) is 11.0 Å². The van der Waals surface area contributed by atoms with Crippen LogP contribution in [0.5, 0.6) is 0 Å². The highest BCUT2D eigenvalue weighted by atomic mass is 32.2. The summed E-state index contributed by atoms with van der Waals surface area (Å²) in [6.07, 6.45) is 4.90. The zero-order valence-corrected chi connectivity index (χ0v) is 16.5. The Labute approximate surface area is 160 Å². The molecular weight excluding hydrogens is 366 g/mol. The molecule has 2 aromatic rings. The number of carbonyl (C=O) groups is 1. The van der Waals surface area contributed by atoms with E-state index >= 15 is 0 Å². The molecule has 0 saturated carbocycles. The molecule has 9 heteroatoms. The maximum atomic E-state index is 12.8. The number of fused-ring (bicyclic) bond motifs is 1. The zero-order valence-electron chi connectivity index (χ0n) is 15.7. The Kier molecular flexibility index (Phi) is 6.43. The minimum atomic E-state index is -3.48. The van der Waals surface area contributed by atoms with Crippen molar-refractivity contribution in [3.63, 3.8) is 0 Å². The average molecular weight is 394 g/mol. The molecule has 1 aromatic heterocycles. The molecule has 3 rings (SSSR count). The second-order valence-corrected chi connectivity index (χ2v) is 8.82. The van der Waals surface area contributed by atoms with E-state index in [4.69, 9.17) is 0 Å². The molecule has 8 nitrogen and oxygen atoms in total. The lowest BCUT2D eigenvalue weighted by molar-refractivity contribution is -0.121. The van der Waals surface area contributed by atoms with Crippen LogP contribution in [-0.2, 0) is 21.4 Å². The maximum absolute atomic E-state index is 12.8. The molecule has 1 fully saturated rings. The number of hydrogen-bond donors (Lipinski definition) is 1. The topological polar surface area (TPSA) is 97.2 Å². The van der Waals surface area contributed by atoms with Gasteiger partial charge in [0, 0.05) is 32.6 Å². The Morgan fingerprint density at radius 3 is 2.74 bits per heavy atom. The van der Waals surface area contributed by atoms with E-state index in [-0.39, 0.29) is 10.8 Å². The number of rotatable bonds is 8. The summed E-state index contributed by atoms with van der Waals surface area (Å²) in [4.78, 5) is 11.9. The molecule has 0 atom stereocenters. The molecule has 1 amide bonds. The maximum Gasteiger partial charge on any atom is 0.243 e. The monoisotopic (exact) mass is 393 g/mol. The number of nitrogens with zero attached hydrogens (tertiary/aromatic N) is 4. The van der Waals surface area contributed by atoms with Crippen LogP contribution in [0.3, 0.4) is 0 Å². The lowest BCUT2D eigenvalue weighted by atomic mass is 10.2. The Bertz CT molecular complexity index is 888. The first-order valence-corrected chi connectivity index (χ1v) is 11.1. The van der Waals surface area contributed by atoms with Gasteiger partial charge in [-0.15, -0.1) is 5.10 Å². The summed E-state index contributed by atoms with van der Waals surface area (Å²) in [5, 5.41) is 11.1. The summed E-state index contributed by atoms with van der Waals surface area (Å²) >= 11 is 0. The summed E-state index contributed by atoms with van der Waals surface area (Å²) in [6, 6.07) is 4.97.